The summed E-state index contributed by atoms with van der Waals surface area (Å²) in [6.07, 6.45) is 4.25. The number of phenols is 1. The standard InChI is InChI=1S/C21H19N7O/c1-12(15-4-2-3-5-18(15)29)27-21-24-10-14-8-13(6-7-17(14)28-21)19-16(9-22)20(23)26-11-25-19/h2-12,22,29H,1H3,(H2,23,25,26)(H,24,27,28)/t12-/m1/s1. The fraction of sp³-hybridized carbons (Fsp3) is 0.0952. The molecule has 2 aromatic heterocycles. The van der Waals surface area contributed by atoms with Gasteiger partial charge in [-0.3, -0.25) is 0 Å². The Morgan fingerprint density at radius 2 is 1.97 bits per heavy atom. The van der Waals surface area contributed by atoms with Crippen molar-refractivity contribution in [2.75, 3.05) is 11.1 Å². The van der Waals surface area contributed by atoms with Crippen molar-refractivity contribution in [3.8, 4) is 17.0 Å². The highest BCUT2D eigenvalue weighted by Gasteiger charge is 2.13. The van der Waals surface area contributed by atoms with Gasteiger partial charge >= 0.3 is 0 Å². The third-order valence-corrected chi connectivity index (χ3v) is 4.66. The first-order chi connectivity index (χ1) is 14.1. The quantitative estimate of drug-likeness (QED) is 0.386. The van der Waals surface area contributed by atoms with E-state index in [1.165, 1.54) is 6.33 Å². The zero-order valence-corrected chi connectivity index (χ0v) is 15.7. The summed E-state index contributed by atoms with van der Waals surface area (Å²) < 4.78 is 0. The highest BCUT2D eigenvalue weighted by atomic mass is 16.3. The molecule has 4 aromatic rings. The molecule has 0 saturated carbocycles. The lowest BCUT2D eigenvalue weighted by Gasteiger charge is -2.15. The smallest absolute Gasteiger partial charge is 0.223 e. The van der Waals surface area contributed by atoms with E-state index < -0.39 is 0 Å². The number of phenolic OH excluding ortho intramolecular Hbond substituents is 1. The van der Waals surface area contributed by atoms with Crippen LogP contribution >= 0.6 is 0 Å². The van der Waals surface area contributed by atoms with Crippen LogP contribution in [0.1, 0.15) is 24.1 Å². The van der Waals surface area contributed by atoms with Gasteiger partial charge in [0, 0.05) is 28.9 Å². The first-order valence-electron chi connectivity index (χ1n) is 8.99. The highest BCUT2D eigenvalue weighted by Crippen LogP contribution is 2.28. The van der Waals surface area contributed by atoms with E-state index in [0.29, 0.717) is 17.2 Å². The van der Waals surface area contributed by atoms with Crippen LogP contribution < -0.4 is 11.1 Å². The zero-order valence-electron chi connectivity index (χ0n) is 15.7. The maximum Gasteiger partial charge on any atom is 0.223 e. The molecule has 0 spiro atoms. The largest absolute Gasteiger partial charge is 0.508 e. The van der Waals surface area contributed by atoms with Gasteiger partial charge in [0.05, 0.1) is 22.8 Å². The Morgan fingerprint density at radius 3 is 2.76 bits per heavy atom. The molecule has 0 amide bonds. The molecule has 5 N–H and O–H groups in total. The molecule has 8 nitrogen and oxygen atoms in total. The van der Waals surface area contributed by atoms with Crippen LogP contribution in [0.15, 0.2) is 55.0 Å². The predicted octanol–water partition coefficient (Wildman–Crippen LogP) is 3.55. The number of hydrogen-bond donors (Lipinski definition) is 4. The van der Waals surface area contributed by atoms with Crippen LogP contribution in [0.25, 0.3) is 22.2 Å². The second-order valence-electron chi connectivity index (χ2n) is 6.56. The summed E-state index contributed by atoms with van der Waals surface area (Å²) >= 11 is 0. The van der Waals surface area contributed by atoms with E-state index in [2.05, 4.69) is 25.3 Å². The number of nitrogens with zero attached hydrogens (tertiary/aromatic N) is 4. The number of aromatic hydroxyl groups is 1. The number of aromatic nitrogens is 4. The van der Waals surface area contributed by atoms with Gasteiger partial charge in [0.25, 0.3) is 0 Å². The van der Waals surface area contributed by atoms with E-state index in [1.54, 1.807) is 18.3 Å². The number of nitrogen functional groups attached to an aromatic ring is 1. The Kier molecular flexibility index (Phi) is 4.74. The van der Waals surface area contributed by atoms with Gasteiger partial charge in [0.2, 0.25) is 5.95 Å². The van der Waals surface area contributed by atoms with Crippen LogP contribution in [0, 0.1) is 5.41 Å². The number of nitrogens with two attached hydrogens (primary N) is 1. The van der Waals surface area contributed by atoms with Gasteiger partial charge < -0.3 is 21.6 Å². The second-order valence-corrected chi connectivity index (χ2v) is 6.56. The minimum atomic E-state index is -0.160. The van der Waals surface area contributed by atoms with Gasteiger partial charge in [-0.25, -0.2) is 19.9 Å². The van der Waals surface area contributed by atoms with E-state index in [9.17, 15) is 5.11 Å². The first-order valence-corrected chi connectivity index (χ1v) is 8.99. The molecule has 0 saturated heterocycles. The first kappa shape index (κ1) is 18.3. The topological polar surface area (TPSA) is 134 Å². The Hall–Kier alpha value is -4.07. The molecule has 144 valence electrons. The lowest BCUT2D eigenvalue weighted by Crippen LogP contribution is -2.09. The summed E-state index contributed by atoms with van der Waals surface area (Å²) in [4.78, 5) is 17.2. The van der Waals surface area contributed by atoms with Crippen LogP contribution in [0.4, 0.5) is 11.8 Å². The highest BCUT2D eigenvalue weighted by molar-refractivity contribution is 5.94. The fourth-order valence-electron chi connectivity index (χ4n) is 3.16. The summed E-state index contributed by atoms with van der Waals surface area (Å²) in [5, 5.41) is 21.6. The van der Waals surface area contributed by atoms with Gasteiger partial charge in [-0.05, 0) is 25.1 Å². The molecular weight excluding hydrogens is 366 g/mol. The van der Waals surface area contributed by atoms with Crippen LogP contribution in [0.3, 0.4) is 0 Å². The summed E-state index contributed by atoms with van der Waals surface area (Å²) in [7, 11) is 0. The van der Waals surface area contributed by atoms with Crippen molar-refractivity contribution in [3.05, 3.63) is 66.1 Å². The van der Waals surface area contributed by atoms with Gasteiger partial charge in [-0.15, -0.1) is 0 Å². The lowest BCUT2D eigenvalue weighted by atomic mass is 10.0. The number of rotatable bonds is 5. The average molecular weight is 385 g/mol. The van der Waals surface area contributed by atoms with Crippen LogP contribution in [0.5, 0.6) is 5.75 Å². The molecule has 0 radical (unpaired) electrons. The number of hydrogen-bond acceptors (Lipinski definition) is 8. The molecule has 4 rings (SSSR count). The predicted molar refractivity (Wildman–Crippen MR) is 113 cm³/mol. The molecule has 1 atom stereocenters. The third kappa shape index (κ3) is 3.55. The van der Waals surface area contributed by atoms with E-state index in [4.69, 9.17) is 11.1 Å². The molecule has 8 heteroatoms. The van der Waals surface area contributed by atoms with Crippen LogP contribution in [-0.2, 0) is 0 Å². The van der Waals surface area contributed by atoms with E-state index in [1.807, 2.05) is 37.3 Å². The monoisotopic (exact) mass is 385 g/mol. The Morgan fingerprint density at radius 1 is 1.14 bits per heavy atom. The third-order valence-electron chi connectivity index (χ3n) is 4.66. The van der Waals surface area contributed by atoms with Gasteiger partial charge in [0.15, 0.2) is 0 Å². The Labute approximate surface area is 167 Å². The van der Waals surface area contributed by atoms with Gasteiger partial charge in [-0.1, -0.05) is 24.3 Å². The van der Waals surface area contributed by atoms with Crippen molar-refractivity contribution in [1.29, 1.82) is 5.41 Å². The fourth-order valence-corrected chi connectivity index (χ4v) is 3.16. The molecule has 0 fully saturated rings. The molecule has 0 bridgehead atoms. The van der Waals surface area contributed by atoms with Crippen molar-refractivity contribution in [3.63, 3.8) is 0 Å². The Bertz CT molecular complexity index is 1210. The maximum absolute atomic E-state index is 10.0. The van der Waals surface area contributed by atoms with Crippen molar-refractivity contribution < 1.29 is 5.11 Å². The minimum Gasteiger partial charge on any atom is -0.508 e. The lowest BCUT2D eigenvalue weighted by molar-refractivity contribution is 0.465. The van der Waals surface area contributed by atoms with Crippen molar-refractivity contribution in [1.82, 2.24) is 19.9 Å². The molecule has 0 unspecified atom stereocenters. The van der Waals surface area contributed by atoms with E-state index >= 15 is 0 Å². The van der Waals surface area contributed by atoms with E-state index in [0.717, 1.165) is 28.2 Å². The average Bonchev–Trinajstić information content (AvgIpc) is 2.73. The van der Waals surface area contributed by atoms with Crippen molar-refractivity contribution in [2.45, 2.75) is 13.0 Å². The summed E-state index contributed by atoms with van der Waals surface area (Å²) in [6.45, 7) is 1.93. The second kappa shape index (κ2) is 7.51. The molecular formula is C21H19N7O. The molecule has 2 heterocycles. The minimum absolute atomic E-state index is 0.160. The van der Waals surface area contributed by atoms with E-state index in [-0.39, 0.29) is 17.6 Å². The molecule has 2 aromatic carbocycles. The number of fused-ring (bicyclic) bond motifs is 1. The van der Waals surface area contributed by atoms with Gasteiger partial charge in [-0.2, -0.15) is 0 Å². The number of nitrogens with one attached hydrogen (secondary N) is 2. The van der Waals surface area contributed by atoms with Crippen molar-refractivity contribution in [2.24, 2.45) is 0 Å². The van der Waals surface area contributed by atoms with Crippen LogP contribution in [-0.4, -0.2) is 31.3 Å². The van der Waals surface area contributed by atoms with Crippen LogP contribution in [0.2, 0.25) is 0 Å². The molecule has 29 heavy (non-hydrogen) atoms. The molecule has 0 aliphatic carbocycles. The van der Waals surface area contributed by atoms with Crippen molar-refractivity contribution >= 4 is 28.9 Å². The SMILES string of the molecule is C[C@@H](Nc1ncc2cc(-c3ncnc(N)c3C=N)ccc2n1)c1ccccc1O. The molecule has 0 aliphatic rings. The molecule has 0 aliphatic heterocycles. The number of benzene rings is 2. The van der Waals surface area contributed by atoms with Gasteiger partial charge in [0.1, 0.15) is 17.9 Å². The summed E-state index contributed by atoms with van der Waals surface area (Å²) in [6, 6.07) is 12.7. The normalized spacial score (nSPS) is 11.9. The Balaban J connectivity index is 1.65. The summed E-state index contributed by atoms with van der Waals surface area (Å²) in [5.74, 6) is 0.954. The maximum atomic E-state index is 10.0. The summed E-state index contributed by atoms with van der Waals surface area (Å²) in [5.41, 5.74) is 9.25. The number of para-hydroxylation sites is 1. The zero-order chi connectivity index (χ0) is 20.4. The number of anilines is 2.